The fourth-order valence-electron chi connectivity index (χ4n) is 0.875. The molecular formula is C7H5F2IN2O2. The molecule has 14 heavy (non-hydrogen) atoms. The minimum atomic E-state index is -2.83. The first-order chi connectivity index (χ1) is 6.45. The van der Waals surface area contributed by atoms with Crippen LogP contribution < -0.4 is 5.73 Å². The second-order valence-electron chi connectivity index (χ2n) is 2.39. The molecule has 0 radical (unpaired) electrons. The average molecular weight is 314 g/mol. The van der Waals surface area contributed by atoms with Crippen LogP contribution in [-0.4, -0.2) is 16.1 Å². The molecule has 0 fully saturated rings. The van der Waals surface area contributed by atoms with Gasteiger partial charge in [-0.25, -0.2) is 18.6 Å². The highest BCUT2D eigenvalue weighted by atomic mass is 127. The van der Waals surface area contributed by atoms with Crippen LogP contribution in [0.4, 0.5) is 14.6 Å². The number of nitrogens with two attached hydrogens (primary N) is 1. The Morgan fingerprint density at radius 3 is 2.64 bits per heavy atom. The van der Waals surface area contributed by atoms with Crippen molar-refractivity contribution in [2.24, 2.45) is 0 Å². The van der Waals surface area contributed by atoms with Crippen molar-refractivity contribution in [2.45, 2.75) is 6.43 Å². The molecule has 1 rings (SSSR count). The van der Waals surface area contributed by atoms with Crippen molar-refractivity contribution in [1.29, 1.82) is 0 Å². The Kier molecular flexibility index (Phi) is 3.19. The van der Waals surface area contributed by atoms with Crippen LogP contribution in [0.3, 0.4) is 0 Å². The van der Waals surface area contributed by atoms with Crippen molar-refractivity contribution >= 4 is 34.4 Å². The topological polar surface area (TPSA) is 76.2 Å². The fourth-order valence-corrected chi connectivity index (χ4v) is 1.76. The van der Waals surface area contributed by atoms with Crippen LogP contribution in [0.5, 0.6) is 0 Å². The lowest BCUT2D eigenvalue weighted by molar-refractivity contribution is 0.0694. The van der Waals surface area contributed by atoms with E-state index in [1.807, 2.05) is 0 Å². The smallest absolute Gasteiger partial charge is 0.338 e. The predicted octanol–water partition coefficient (Wildman–Crippen LogP) is 1.90. The van der Waals surface area contributed by atoms with Gasteiger partial charge >= 0.3 is 5.97 Å². The molecule has 76 valence electrons. The summed E-state index contributed by atoms with van der Waals surface area (Å²) in [5, 5.41) is 8.63. The number of rotatable bonds is 2. The highest BCUT2D eigenvalue weighted by Crippen LogP contribution is 2.30. The van der Waals surface area contributed by atoms with Gasteiger partial charge in [0.05, 0.1) is 11.1 Å². The number of carboxylic acid groups (broad SMARTS) is 1. The van der Waals surface area contributed by atoms with Crippen molar-refractivity contribution in [2.75, 3.05) is 5.73 Å². The van der Waals surface area contributed by atoms with Crippen molar-refractivity contribution in [3.8, 4) is 0 Å². The number of nitrogen functional groups attached to an aromatic ring is 1. The number of nitrogens with zero attached hydrogens (tertiary/aromatic N) is 1. The van der Waals surface area contributed by atoms with Crippen LogP contribution in [0.1, 0.15) is 22.3 Å². The quantitative estimate of drug-likeness (QED) is 0.818. The van der Waals surface area contributed by atoms with Gasteiger partial charge in [-0.2, -0.15) is 0 Å². The van der Waals surface area contributed by atoms with Crippen LogP contribution in [0.25, 0.3) is 0 Å². The number of aromatic nitrogens is 1. The summed E-state index contributed by atoms with van der Waals surface area (Å²) < 4.78 is 24.8. The van der Waals surface area contributed by atoms with E-state index in [2.05, 4.69) is 4.98 Å². The molecule has 0 saturated carbocycles. The summed E-state index contributed by atoms with van der Waals surface area (Å²) in [5.74, 6) is -1.64. The van der Waals surface area contributed by atoms with Crippen molar-refractivity contribution in [3.05, 3.63) is 20.9 Å². The Bertz CT molecular complexity index is 384. The predicted molar refractivity (Wildman–Crippen MR) is 53.3 cm³/mol. The molecule has 0 spiro atoms. The van der Waals surface area contributed by atoms with Crippen molar-refractivity contribution in [3.63, 3.8) is 0 Å². The van der Waals surface area contributed by atoms with Gasteiger partial charge < -0.3 is 10.8 Å². The first-order valence-corrected chi connectivity index (χ1v) is 4.48. The first kappa shape index (κ1) is 11.1. The van der Waals surface area contributed by atoms with Crippen LogP contribution in [0.15, 0.2) is 6.20 Å². The van der Waals surface area contributed by atoms with Gasteiger partial charge in [0.25, 0.3) is 6.43 Å². The zero-order valence-corrected chi connectivity index (χ0v) is 8.83. The highest BCUT2D eigenvalue weighted by molar-refractivity contribution is 14.1. The van der Waals surface area contributed by atoms with E-state index >= 15 is 0 Å². The number of pyridine rings is 1. The lowest BCUT2D eigenvalue weighted by Gasteiger charge is -2.08. The standard InChI is InChI=1S/C7H5F2IN2O2/c8-5(9)3-4(10)2(7(13)14)1-12-6(3)11/h1,5H,(H2,11,12)(H,13,14). The number of anilines is 1. The van der Waals surface area contributed by atoms with E-state index in [-0.39, 0.29) is 15.0 Å². The molecule has 7 heteroatoms. The molecule has 3 N–H and O–H groups in total. The molecule has 4 nitrogen and oxygen atoms in total. The minimum Gasteiger partial charge on any atom is -0.478 e. The monoisotopic (exact) mass is 314 g/mol. The van der Waals surface area contributed by atoms with Crippen LogP contribution >= 0.6 is 22.6 Å². The molecule has 0 bridgehead atoms. The third-order valence-electron chi connectivity index (χ3n) is 1.53. The third kappa shape index (κ3) is 1.91. The Hall–Kier alpha value is -0.990. The van der Waals surface area contributed by atoms with E-state index in [1.165, 1.54) is 22.6 Å². The Morgan fingerprint density at radius 1 is 1.64 bits per heavy atom. The Morgan fingerprint density at radius 2 is 2.21 bits per heavy atom. The summed E-state index contributed by atoms with van der Waals surface area (Å²) in [7, 11) is 0. The van der Waals surface area contributed by atoms with Crippen molar-refractivity contribution in [1.82, 2.24) is 4.98 Å². The second-order valence-corrected chi connectivity index (χ2v) is 3.47. The summed E-state index contributed by atoms with van der Waals surface area (Å²) in [6, 6.07) is 0. The number of hydrogen-bond donors (Lipinski definition) is 2. The second kappa shape index (κ2) is 4.03. The SMILES string of the molecule is Nc1ncc(C(=O)O)c(I)c1C(F)F. The number of halogens is 3. The first-order valence-electron chi connectivity index (χ1n) is 3.40. The molecule has 1 aromatic rings. The van der Waals surface area contributed by atoms with Crippen molar-refractivity contribution < 1.29 is 18.7 Å². The van der Waals surface area contributed by atoms with Crippen LogP contribution in [0.2, 0.25) is 0 Å². The van der Waals surface area contributed by atoms with E-state index in [0.29, 0.717) is 0 Å². The van der Waals surface area contributed by atoms with E-state index in [9.17, 15) is 13.6 Å². The van der Waals surface area contributed by atoms with E-state index < -0.39 is 18.0 Å². The van der Waals surface area contributed by atoms with Gasteiger partial charge in [-0.15, -0.1) is 0 Å². The van der Waals surface area contributed by atoms with Gasteiger partial charge in [0, 0.05) is 9.77 Å². The summed E-state index contributed by atoms with van der Waals surface area (Å²) in [5.41, 5.74) is 4.41. The van der Waals surface area contributed by atoms with Gasteiger partial charge in [-0.3, -0.25) is 0 Å². The number of aromatic carboxylic acids is 1. The number of carbonyl (C=O) groups is 1. The lowest BCUT2D eigenvalue weighted by atomic mass is 10.2. The summed E-state index contributed by atoms with van der Waals surface area (Å²) >= 11 is 1.52. The maximum atomic E-state index is 12.4. The van der Waals surface area contributed by atoms with Gasteiger partial charge in [0.2, 0.25) is 0 Å². The van der Waals surface area contributed by atoms with Crippen LogP contribution in [-0.2, 0) is 0 Å². The molecule has 0 saturated heterocycles. The molecule has 0 aliphatic heterocycles. The number of carboxylic acids is 1. The molecule has 0 aliphatic rings. The zero-order chi connectivity index (χ0) is 10.9. The zero-order valence-electron chi connectivity index (χ0n) is 6.67. The average Bonchev–Trinajstić information content (AvgIpc) is 2.02. The minimum absolute atomic E-state index is 0.0717. The maximum Gasteiger partial charge on any atom is 0.338 e. The normalized spacial score (nSPS) is 10.6. The van der Waals surface area contributed by atoms with E-state index in [1.54, 1.807) is 0 Å². The Balaban J connectivity index is 3.41. The molecule has 0 aliphatic carbocycles. The van der Waals surface area contributed by atoms with Gasteiger partial charge in [0.15, 0.2) is 0 Å². The fraction of sp³-hybridized carbons (Fsp3) is 0.143. The van der Waals surface area contributed by atoms with E-state index in [4.69, 9.17) is 10.8 Å². The molecule has 0 amide bonds. The number of hydrogen-bond acceptors (Lipinski definition) is 3. The van der Waals surface area contributed by atoms with E-state index in [0.717, 1.165) is 6.20 Å². The summed E-state index contributed by atoms with van der Waals surface area (Å²) in [6.45, 7) is 0. The molecular weight excluding hydrogens is 309 g/mol. The Labute approximate surface area is 91.3 Å². The lowest BCUT2D eigenvalue weighted by Crippen LogP contribution is -2.08. The molecule has 0 aromatic carbocycles. The molecule has 1 aromatic heterocycles. The molecule has 1 heterocycles. The maximum absolute atomic E-state index is 12.4. The van der Waals surface area contributed by atoms with Gasteiger partial charge in [-0.1, -0.05) is 0 Å². The highest BCUT2D eigenvalue weighted by Gasteiger charge is 2.21. The molecule has 0 atom stereocenters. The summed E-state index contributed by atoms with van der Waals surface area (Å²) in [4.78, 5) is 14.0. The largest absolute Gasteiger partial charge is 0.478 e. The summed E-state index contributed by atoms with van der Waals surface area (Å²) in [6.07, 6.45) is -1.86. The number of alkyl halides is 2. The van der Waals surface area contributed by atoms with Gasteiger partial charge in [0.1, 0.15) is 5.82 Å². The van der Waals surface area contributed by atoms with Crippen LogP contribution in [0, 0.1) is 3.57 Å². The third-order valence-corrected chi connectivity index (χ3v) is 2.69. The van der Waals surface area contributed by atoms with Gasteiger partial charge in [-0.05, 0) is 22.6 Å². The molecule has 0 unspecified atom stereocenters.